The van der Waals surface area contributed by atoms with Crippen molar-refractivity contribution in [1.29, 1.82) is 0 Å². The van der Waals surface area contributed by atoms with E-state index >= 15 is 0 Å². The minimum absolute atomic E-state index is 0.261. The maximum absolute atomic E-state index is 11.5. The summed E-state index contributed by atoms with van der Waals surface area (Å²) < 4.78 is 5.11. The van der Waals surface area contributed by atoms with Crippen molar-refractivity contribution in [3.05, 3.63) is 70.5 Å². The van der Waals surface area contributed by atoms with E-state index in [1.165, 1.54) is 0 Å². The molecule has 2 rings (SSSR count). The Morgan fingerprint density at radius 1 is 1.27 bits per heavy atom. The van der Waals surface area contributed by atoms with Crippen LogP contribution >= 0.6 is 11.6 Å². The van der Waals surface area contributed by atoms with Crippen LogP contribution < -0.4 is 5.32 Å². The number of alkyl carbamates (subject to hydrolysis) is 1. The van der Waals surface area contributed by atoms with Crippen molar-refractivity contribution in [1.82, 2.24) is 10.3 Å². The highest BCUT2D eigenvalue weighted by Crippen LogP contribution is 2.11. The quantitative estimate of drug-likeness (QED) is 0.849. The lowest BCUT2D eigenvalue weighted by atomic mass is 10.2. The predicted octanol–water partition coefficient (Wildman–Crippen LogP) is 3.98. The molecule has 0 spiro atoms. The Hall–Kier alpha value is -2.33. The molecule has 0 unspecified atom stereocenters. The minimum atomic E-state index is -0.445. The van der Waals surface area contributed by atoms with Crippen LogP contribution in [0.15, 0.2) is 48.5 Å². The number of aromatic nitrogens is 1. The Labute approximate surface area is 134 Å². The van der Waals surface area contributed by atoms with Gasteiger partial charge in [0.15, 0.2) is 0 Å². The lowest BCUT2D eigenvalue weighted by molar-refractivity contribution is 0.141. The van der Waals surface area contributed by atoms with E-state index in [2.05, 4.69) is 10.3 Å². The van der Waals surface area contributed by atoms with Crippen molar-refractivity contribution in [2.75, 3.05) is 6.54 Å². The van der Waals surface area contributed by atoms with Crippen LogP contribution in [0.1, 0.15) is 16.8 Å². The topological polar surface area (TPSA) is 51.2 Å². The monoisotopic (exact) mass is 316 g/mol. The van der Waals surface area contributed by atoms with E-state index in [9.17, 15) is 4.79 Å². The number of nitrogens with one attached hydrogen (secondary N) is 1. The second kappa shape index (κ2) is 8.20. The number of hydrogen-bond donors (Lipinski definition) is 1. The molecule has 114 valence electrons. The third kappa shape index (κ3) is 5.22. The summed E-state index contributed by atoms with van der Waals surface area (Å²) in [7, 11) is 0. The molecule has 0 saturated heterocycles. The molecule has 1 aromatic heterocycles. The van der Waals surface area contributed by atoms with Gasteiger partial charge in [0.2, 0.25) is 0 Å². The van der Waals surface area contributed by atoms with Gasteiger partial charge in [0, 0.05) is 12.2 Å². The van der Waals surface area contributed by atoms with Crippen molar-refractivity contribution in [2.24, 2.45) is 0 Å². The van der Waals surface area contributed by atoms with Crippen LogP contribution in [0, 0.1) is 6.92 Å². The SMILES string of the molecule is Cc1nc(Cl)ccc1C=CCNC(=O)OCc1ccccc1. The molecule has 1 N–H and O–H groups in total. The maximum Gasteiger partial charge on any atom is 0.407 e. The highest BCUT2D eigenvalue weighted by Gasteiger charge is 2.00. The first-order valence-corrected chi connectivity index (χ1v) is 7.27. The van der Waals surface area contributed by atoms with E-state index < -0.39 is 6.09 Å². The largest absolute Gasteiger partial charge is 0.445 e. The van der Waals surface area contributed by atoms with Crippen molar-refractivity contribution in [3.8, 4) is 0 Å². The number of halogens is 1. The number of aryl methyl sites for hydroxylation is 1. The summed E-state index contributed by atoms with van der Waals surface area (Å²) >= 11 is 5.80. The van der Waals surface area contributed by atoms with Crippen molar-refractivity contribution >= 4 is 23.8 Å². The second-order valence-electron chi connectivity index (χ2n) is 4.65. The number of nitrogens with zero attached hydrogens (tertiary/aromatic N) is 1. The Balaban J connectivity index is 1.73. The first kappa shape index (κ1) is 16.0. The molecule has 5 heteroatoms. The van der Waals surface area contributed by atoms with E-state index in [0.29, 0.717) is 11.7 Å². The first-order valence-electron chi connectivity index (χ1n) is 6.89. The van der Waals surface area contributed by atoms with Gasteiger partial charge >= 0.3 is 6.09 Å². The number of carbonyl (C=O) groups excluding carboxylic acids is 1. The molecule has 1 aromatic carbocycles. The summed E-state index contributed by atoms with van der Waals surface area (Å²) in [6.45, 7) is 2.53. The van der Waals surface area contributed by atoms with Crippen molar-refractivity contribution in [2.45, 2.75) is 13.5 Å². The smallest absolute Gasteiger partial charge is 0.407 e. The molecule has 0 saturated carbocycles. The number of rotatable bonds is 5. The third-order valence-corrected chi connectivity index (χ3v) is 3.18. The van der Waals surface area contributed by atoms with Crippen molar-refractivity contribution in [3.63, 3.8) is 0 Å². The van der Waals surface area contributed by atoms with Gasteiger partial charge in [-0.3, -0.25) is 0 Å². The van der Waals surface area contributed by atoms with Crippen LogP contribution in [0.25, 0.3) is 6.08 Å². The van der Waals surface area contributed by atoms with Gasteiger partial charge in [-0.1, -0.05) is 60.2 Å². The van der Waals surface area contributed by atoms with E-state index in [-0.39, 0.29) is 6.61 Å². The Bertz CT molecular complexity index is 657. The molecule has 0 aliphatic heterocycles. The second-order valence-corrected chi connectivity index (χ2v) is 5.04. The van der Waals surface area contributed by atoms with Gasteiger partial charge in [0.05, 0.1) is 0 Å². The summed E-state index contributed by atoms with van der Waals surface area (Å²) in [5.41, 5.74) is 2.76. The van der Waals surface area contributed by atoms with Gasteiger partial charge in [-0.25, -0.2) is 9.78 Å². The molecule has 0 atom stereocenters. The summed E-state index contributed by atoms with van der Waals surface area (Å²) in [4.78, 5) is 15.7. The Morgan fingerprint density at radius 2 is 2.05 bits per heavy atom. The molecule has 2 aromatic rings. The molecule has 0 fully saturated rings. The summed E-state index contributed by atoms with van der Waals surface area (Å²) in [5, 5.41) is 3.13. The molecule has 1 heterocycles. The lowest BCUT2D eigenvalue weighted by Gasteiger charge is -2.05. The molecule has 0 aliphatic rings. The standard InChI is InChI=1S/C17H17ClN2O2/c1-13-15(9-10-16(18)20-13)8-5-11-19-17(21)22-12-14-6-3-2-4-7-14/h2-10H,11-12H2,1H3,(H,19,21). The molecule has 0 bridgehead atoms. The van der Waals surface area contributed by atoms with E-state index in [0.717, 1.165) is 16.8 Å². The van der Waals surface area contributed by atoms with Crippen LogP contribution in [0.3, 0.4) is 0 Å². The lowest BCUT2D eigenvalue weighted by Crippen LogP contribution is -2.24. The maximum atomic E-state index is 11.5. The summed E-state index contributed by atoms with van der Waals surface area (Å²) in [5.74, 6) is 0. The molecular formula is C17H17ClN2O2. The number of benzene rings is 1. The van der Waals surface area contributed by atoms with Crippen LogP contribution in [0.5, 0.6) is 0 Å². The van der Waals surface area contributed by atoms with Gasteiger partial charge in [0.25, 0.3) is 0 Å². The summed E-state index contributed by atoms with van der Waals surface area (Å²) in [6, 6.07) is 13.2. The molecule has 0 aliphatic carbocycles. The van der Waals surface area contributed by atoms with Gasteiger partial charge in [-0.15, -0.1) is 0 Å². The highest BCUT2D eigenvalue weighted by molar-refractivity contribution is 6.29. The number of pyridine rings is 1. The fraction of sp³-hybridized carbons (Fsp3) is 0.176. The van der Waals surface area contributed by atoms with Crippen LogP contribution in [-0.2, 0) is 11.3 Å². The summed E-state index contributed by atoms with van der Waals surface area (Å²) in [6.07, 6.45) is 3.28. The van der Waals surface area contributed by atoms with Gasteiger partial charge in [0.1, 0.15) is 11.8 Å². The zero-order valence-corrected chi connectivity index (χ0v) is 13.0. The average molecular weight is 317 g/mol. The highest BCUT2D eigenvalue weighted by atomic mass is 35.5. The van der Waals surface area contributed by atoms with E-state index in [1.54, 1.807) is 6.07 Å². The third-order valence-electron chi connectivity index (χ3n) is 2.97. The van der Waals surface area contributed by atoms with Crippen LogP contribution in [0.4, 0.5) is 4.79 Å². The molecule has 4 nitrogen and oxygen atoms in total. The fourth-order valence-corrected chi connectivity index (χ4v) is 2.01. The average Bonchev–Trinajstić information content (AvgIpc) is 2.52. The Morgan fingerprint density at radius 3 is 2.77 bits per heavy atom. The number of amides is 1. The van der Waals surface area contributed by atoms with Gasteiger partial charge < -0.3 is 10.1 Å². The van der Waals surface area contributed by atoms with Crippen LogP contribution in [0.2, 0.25) is 5.15 Å². The number of carbonyl (C=O) groups is 1. The molecule has 1 amide bonds. The predicted molar refractivity (Wildman–Crippen MR) is 87.6 cm³/mol. The zero-order chi connectivity index (χ0) is 15.8. The van der Waals surface area contributed by atoms with Gasteiger partial charge in [-0.05, 0) is 24.1 Å². The first-order chi connectivity index (χ1) is 10.6. The fourth-order valence-electron chi connectivity index (χ4n) is 1.82. The zero-order valence-electron chi connectivity index (χ0n) is 12.3. The van der Waals surface area contributed by atoms with E-state index in [4.69, 9.17) is 16.3 Å². The minimum Gasteiger partial charge on any atom is -0.445 e. The molecular weight excluding hydrogens is 300 g/mol. The normalized spacial score (nSPS) is 10.6. The van der Waals surface area contributed by atoms with E-state index in [1.807, 2.05) is 55.5 Å². The van der Waals surface area contributed by atoms with Crippen molar-refractivity contribution < 1.29 is 9.53 Å². The Kier molecular flexibility index (Phi) is 5.98. The molecule has 22 heavy (non-hydrogen) atoms. The molecule has 0 radical (unpaired) electrons. The van der Waals surface area contributed by atoms with Gasteiger partial charge in [-0.2, -0.15) is 0 Å². The number of ether oxygens (including phenoxy) is 1. The number of hydrogen-bond acceptors (Lipinski definition) is 3. The van der Waals surface area contributed by atoms with Crippen LogP contribution in [-0.4, -0.2) is 17.6 Å².